The fourth-order valence-electron chi connectivity index (χ4n) is 10.9. The van der Waals surface area contributed by atoms with E-state index in [0.717, 1.165) is 44.1 Å². The predicted molar refractivity (Wildman–Crippen MR) is 294 cm³/mol. The van der Waals surface area contributed by atoms with Crippen LogP contribution >= 0.6 is 0 Å². The van der Waals surface area contributed by atoms with Crippen molar-refractivity contribution in [3.63, 3.8) is 0 Å². The molecule has 0 aliphatic heterocycles. The smallest absolute Gasteiger partial charge is 0.326 e. The van der Waals surface area contributed by atoms with E-state index in [-0.39, 0.29) is 62.2 Å². The van der Waals surface area contributed by atoms with Gasteiger partial charge < -0.3 is 95.7 Å². The summed E-state index contributed by atoms with van der Waals surface area (Å²) in [5.74, 6) is -12.5. The normalized spacial score (nSPS) is 20.7. The Kier molecular flexibility index (Phi) is 25.7. The van der Waals surface area contributed by atoms with Gasteiger partial charge in [0.2, 0.25) is 41.4 Å². The van der Waals surface area contributed by atoms with E-state index in [9.17, 15) is 78.3 Å². The summed E-state index contributed by atoms with van der Waals surface area (Å²) in [6, 6.07) is -4.14. The van der Waals surface area contributed by atoms with E-state index in [1.807, 2.05) is 12.1 Å². The standard InChI is InChI=1S/C52H80N14O17/c1-25(2)43(49(81)82)66-47(79)35(20-42(74)75)63-39(70)22-60-45(77)33(7-5-17-58-51(55)56)64-48(80)36(23-67)65-46(78)34(19-41(72)73)62-38(69)21-59-44(76)32(6-4-16-57-50(53)54)61-40(71)24-83-27-9-11-28-26(18-27)8-10-30-29(28)14-15-52(3)31(30)12-13-37(52)68/h9,11,18,25,29-37,43,67-68H,4-8,10,12-17,19-24H2,1-3H3,(H,59,76)(H,60,77)(H,61,71)(H,62,69)(H,63,70)(H,64,80)(H,65,78)(H,66,79)(H,72,73)(H,74,75)(H,81,82)(H4,53,54,57)(H4,55,56,58)/t29-,30-,31+,32+,33+,34+,35+,36+,37+,43+,52+/m1/s1. The molecule has 0 bridgehead atoms. The van der Waals surface area contributed by atoms with E-state index in [1.165, 1.54) is 19.4 Å². The Hall–Kier alpha value is -8.35. The molecule has 2 saturated carbocycles. The van der Waals surface area contributed by atoms with Gasteiger partial charge in [0.05, 0.1) is 38.6 Å². The molecular formula is C52H80N14O17. The number of carbonyl (C=O) groups excluding carboxylic acids is 8. The largest absolute Gasteiger partial charge is 0.484 e. The summed E-state index contributed by atoms with van der Waals surface area (Å²) in [6.07, 6.45) is 3.16. The first kappa shape index (κ1) is 67.2. The summed E-state index contributed by atoms with van der Waals surface area (Å²) in [6.45, 7) is 1.76. The van der Waals surface area contributed by atoms with Gasteiger partial charge in [-0.25, -0.2) is 4.79 Å². The van der Waals surface area contributed by atoms with E-state index < -0.39 is 146 Å². The number of aryl methyl sites for hydroxylation is 1. The quantitative estimate of drug-likeness (QED) is 0.0178. The number of ether oxygens (including phenoxy) is 1. The molecule has 0 heterocycles. The summed E-state index contributed by atoms with van der Waals surface area (Å²) < 4.78 is 5.87. The molecule has 2 fully saturated rings. The number of aliphatic hydroxyl groups excluding tert-OH is 2. The highest BCUT2D eigenvalue weighted by Gasteiger charge is 2.54. The first-order chi connectivity index (χ1) is 39.1. The molecule has 460 valence electrons. The van der Waals surface area contributed by atoms with Crippen LogP contribution in [0, 0.1) is 23.2 Å². The zero-order valence-electron chi connectivity index (χ0n) is 46.6. The monoisotopic (exact) mass is 1170 g/mol. The van der Waals surface area contributed by atoms with Gasteiger partial charge in [0.1, 0.15) is 42.0 Å². The van der Waals surface area contributed by atoms with Crippen LogP contribution < -0.4 is 70.2 Å². The zero-order valence-corrected chi connectivity index (χ0v) is 46.6. The van der Waals surface area contributed by atoms with Crippen molar-refractivity contribution in [3.05, 3.63) is 29.3 Å². The van der Waals surface area contributed by atoms with Crippen LogP contribution in [0.3, 0.4) is 0 Å². The van der Waals surface area contributed by atoms with E-state index in [2.05, 4.69) is 59.4 Å². The molecule has 31 heteroatoms. The molecule has 0 radical (unpaired) electrons. The van der Waals surface area contributed by atoms with Crippen molar-refractivity contribution < 1.29 is 83.0 Å². The Morgan fingerprint density at radius 3 is 1.66 bits per heavy atom. The van der Waals surface area contributed by atoms with Gasteiger partial charge in [0.15, 0.2) is 18.5 Å². The second kappa shape index (κ2) is 31.7. The molecule has 3 aliphatic carbocycles. The van der Waals surface area contributed by atoms with E-state index in [1.54, 1.807) is 6.07 Å². The Labute approximate surface area is 478 Å². The van der Waals surface area contributed by atoms with Gasteiger partial charge in [-0.1, -0.05) is 26.8 Å². The molecule has 4 rings (SSSR count). The molecule has 3 aliphatic rings. The molecule has 8 amide bonds. The topological polar surface area (TPSA) is 523 Å². The maximum atomic E-state index is 13.5. The van der Waals surface area contributed by atoms with Crippen LogP contribution in [-0.4, -0.2) is 184 Å². The van der Waals surface area contributed by atoms with Gasteiger partial charge in [-0.2, -0.15) is 0 Å². The number of guanidine groups is 2. The highest BCUT2D eigenvalue weighted by Crippen LogP contribution is 2.61. The fourth-order valence-corrected chi connectivity index (χ4v) is 10.9. The molecule has 0 aromatic heterocycles. The van der Waals surface area contributed by atoms with Crippen molar-refractivity contribution in [2.45, 2.75) is 146 Å². The number of nitrogens with zero attached hydrogens (tertiary/aromatic N) is 2. The number of carbonyl (C=O) groups is 11. The van der Waals surface area contributed by atoms with Crippen molar-refractivity contribution in [3.8, 4) is 5.75 Å². The zero-order chi connectivity index (χ0) is 61.7. The Bertz CT molecular complexity index is 2590. The van der Waals surface area contributed by atoms with Crippen molar-refractivity contribution in [2.24, 2.45) is 56.1 Å². The number of hydrogen-bond acceptors (Lipinski definition) is 16. The average Bonchev–Trinajstić information content (AvgIpc) is 2.06. The molecule has 21 N–H and O–H groups in total. The maximum absolute atomic E-state index is 13.5. The van der Waals surface area contributed by atoms with Crippen LogP contribution in [0.25, 0.3) is 0 Å². The number of aliphatic hydroxyl groups is 2. The fraction of sp³-hybridized carbons (Fsp3) is 0.635. The van der Waals surface area contributed by atoms with Gasteiger partial charge in [-0.05, 0) is 117 Å². The molecule has 83 heavy (non-hydrogen) atoms. The minimum atomic E-state index is -1.93. The van der Waals surface area contributed by atoms with Crippen LogP contribution in [0.15, 0.2) is 28.2 Å². The Morgan fingerprint density at radius 1 is 0.651 bits per heavy atom. The summed E-state index contributed by atoms with van der Waals surface area (Å²) in [4.78, 5) is 149. The van der Waals surface area contributed by atoms with Crippen LogP contribution in [0.4, 0.5) is 0 Å². The number of fused-ring (bicyclic) bond motifs is 5. The molecule has 1 aromatic carbocycles. The number of aliphatic carboxylic acids is 3. The van der Waals surface area contributed by atoms with Crippen molar-refractivity contribution in [2.75, 3.05) is 39.4 Å². The highest BCUT2D eigenvalue weighted by molar-refractivity contribution is 5.98. The lowest BCUT2D eigenvalue weighted by Crippen LogP contribution is -2.59. The minimum Gasteiger partial charge on any atom is -0.484 e. The maximum Gasteiger partial charge on any atom is 0.326 e. The number of hydrogen-bond donors (Lipinski definition) is 17. The third-order valence-electron chi connectivity index (χ3n) is 15.1. The van der Waals surface area contributed by atoms with Crippen molar-refractivity contribution in [1.82, 2.24) is 42.5 Å². The molecule has 31 nitrogen and oxygen atoms in total. The SMILES string of the molecule is CC(C)[C@H](NC(=O)[C@H](CC(=O)O)NC(=O)CNC(=O)[C@H](CCCN=C(N)N)NC(=O)[C@H](CO)NC(=O)[C@H](CC(=O)O)NC(=O)CNC(=O)[C@H](CCCN=C(N)N)NC(=O)COc1ccc2c(c1)CC[C@@H]1[C@@H]2CC[C@]2(C)[C@@H](O)CC[C@@H]12)C(=O)O. The number of amides is 8. The highest BCUT2D eigenvalue weighted by atomic mass is 16.5. The van der Waals surface area contributed by atoms with Gasteiger partial charge in [0.25, 0.3) is 5.91 Å². The van der Waals surface area contributed by atoms with Gasteiger partial charge >= 0.3 is 17.9 Å². The Morgan fingerprint density at radius 2 is 1.16 bits per heavy atom. The summed E-state index contributed by atoms with van der Waals surface area (Å²) >= 11 is 0. The number of carboxylic acids is 3. The number of carboxylic acid groups (broad SMARTS) is 3. The van der Waals surface area contributed by atoms with Crippen LogP contribution in [-0.2, 0) is 59.2 Å². The van der Waals surface area contributed by atoms with Gasteiger partial charge in [0, 0.05) is 13.1 Å². The van der Waals surface area contributed by atoms with E-state index in [0.29, 0.717) is 23.5 Å². The molecule has 0 spiro atoms. The van der Waals surface area contributed by atoms with Gasteiger partial charge in [-0.15, -0.1) is 0 Å². The molecular weight excluding hydrogens is 1090 g/mol. The minimum absolute atomic E-state index is 0.00768. The molecule has 0 unspecified atom stereocenters. The summed E-state index contributed by atoms with van der Waals surface area (Å²) in [5.41, 5.74) is 23.9. The van der Waals surface area contributed by atoms with Crippen LogP contribution in [0.5, 0.6) is 5.75 Å². The molecule has 1 aromatic rings. The number of nitrogens with one attached hydrogen (secondary N) is 8. The lowest BCUT2D eigenvalue weighted by atomic mass is 9.55. The van der Waals surface area contributed by atoms with Crippen LogP contribution in [0.2, 0.25) is 0 Å². The number of benzene rings is 1. The number of nitrogens with two attached hydrogens (primary N) is 4. The van der Waals surface area contributed by atoms with Crippen LogP contribution in [0.1, 0.15) is 108 Å². The molecule has 11 atom stereocenters. The van der Waals surface area contributed by atoms with Crippen molar-refractivity contribution in [1.29, 1.82) is 0 Å². The number of rotatable bonds is 33. The first-order valence-electron chi connectivity index (χ1n) is 27.3. The van der Waals surface area contributed by atoms with E-state index >= 15 is 0 Å². The average molecular weight is 1170 g/mol. The van der Waals surface area contributed by atoms with E-state index in [4.69, 9.17) is 27.7 Å². The lowest BCUT2D eigenvalue weighted by molar-refractivity contribution is -0.144. The lowest BCUT2D eigenvalue weighted by Gasteiger charge is -2.50. The predicted octanol–water partition coefficient (Wildman–Crippen LogP) is -4.79. The second-order valence-corrected chi connectivity index (χ2v) is 21.5. The third-order valence-corrected chi connectivity index (χ3v) is 15.1. The summed E-state index contributed by atoms with van der Waals surface area (Å²) in [5, 5.41) is 67.2. The number of aliphatic imine (C=N–C) groups is 2. The van der Waals surface area contributed by atoms with Gasteiger partial charge in [-0.3, -0.25) is 57.9 Å². The third kappa shape index (κ3) is 20.5. The Balaban J connectivity index is 1.35. The summed E-state index contributed by atoms with van der Waals surface area (Å²) in [7, 11) is 0. The second-order valence-electron chi connectivity index (χ2n) is 21.5. The van der Waals surface area contributed by atoms with Crippen molar-refractivity contribution >= 4 is 77.1 Å². The first-order valence-corrected chi connectivity index (χ1v) is 27.3. The molecule has 0 saturated heterocycles.